The van der Waals surface area contributed by atoms with Gasteiger partial charge in [-0.15, -0.1) is 0 Å². The van der Waals surface area contributed by atoms with Crippen LogP contribution in [0.4, 0.5) is 0 Å². The van der Waals surface area contributed by atoms with Crippen LogP contribution < -0.4 is 5.46 Å². The van der Waals surface area contributed by atoms with Crippen molar-refractivity contribution in [2.24, 2.45) is 0 Å². The molecule has 1 aromatic carbocycles. The molecule has 124 valence electrons. The van der Waals surface area contributed by atoms with Crippen LogP contribution in [0, 0.1) is 0 Å². The van der Waals surface area contributed by atoms with Crippen LogP contribution in [-0.2, 0) is 14.1 Å². The Bertz CT molecular complexity index is 557. The zero-order valence-corrected chi connectivity index (χ0v) is 14.4. The first kappa shape index (κ1) is 16.5. The molecule has 2 fully saturated rings. The van der Waals surface area contributed by atoms with E-state index in [1.54, 1.807) is 0 Å². The average molecular weight is 315 g/mol. The van der Waals surface area contributed by atoms with E-state index in [-0.39, 0.29) is 5.91 Å². The van der Waals surface area contributed by atoms with Crippen molar-refractivity contribution in [2.75, 3.05) is 13.1 Å². The zero-order valence-electron chi connectivity index (χ0n) is 14.4. The van der Waals surface area contributed by atoms with Gasteiger partial charge in [-0.2, -0.15) is 0 Å². The second kappa shape index (κ2) is 6.29. The third-order valence-corrected chi connectivity index (χ3v) is 5.31. The molecule has 0 bridgehead atoms. The number of nitrogens with zero attached hydrogens (tertiary/aromatic N) is 1. The standard InChI is InChI=1S/C18H26BNO3/c1-17(2)18(3,14-16(21)20-12-8-5-9-13-20)23-19(22-17)15-10-6-4-7-11-15/h4,6-7,10-11H,5,8-9,12-14H2,1-3H3. The maximum atomic E-state index is 12.7. The molecule has 2 saturated heterocycles. The van der Waals surface area contributed by atoms with Gasteiger partial charge in [0.05, 0.1) is 17.6 Å². The molecule has 0 spiro atoms. The Labute approximate surface area is 139 Å². The maximum absolute atomic E-state index is 12.7. The molecule has 2 aliphatic heterocycles. The minimum atomic E-state index is -0.623. The van der Waals surface area contributed by atoms with Gasteiger partial charge in [0.25, 0.3) is 0 Å². The molecular weight excluding hydrogens is 289 g/mol. The molecule has 1 amide bonds. The fourth-order valence-electron chi connectivity index (χ4n) is 3.34. The van der Waals surface area contributed by atoms with Crippen molar-refractivity contribution in [1.82, 2.24) is 4.90 Å². The molecule has 0 N–H and O–H groups in total. The first-order valence-electron chi connectivity index (χ1n) is 8.60. The molecule has 23 heavy (non-hydrogen) atoms. The third-order valence-electron chi connectivity index (χ3n) is 5.31. The van der Waals surface area contributed by atoms with Crippen molar-refractivity contribution in [3.8, 4) is 0 Å². The van der Waals surface area contributed by atoms with E-state index in [4.69, 9.17) is 9.31 Å². The Kier molecular flexibility index (Phi) is 4.52. The maximum Gasteiger partial charge on any atom is 0.494 e. The Balaban J connectivity index is 1.73. The van der Waals surface area contributed by atoms with Crippen molar-refractivity contribution < 1.29 is 14.1 Å². The summed E-state index contributed by atoms with van der Waals surface area (Å²) in [7, 11) is -0.412. The van der Waals surface area contributed by atoms with E-state index >= 15 is 0 Å². The second-order valence-corrected chi connectivity index (χ2v) is 7.34. The fourth-order valence-corrected chi connectivity index (χ4v) is 3.34. The van der Waals surface area contributed by atoms with Crippen LogP contribution in [0.1, 0.15) is 46.5 Å². The summed E-state index contributed by atoms with van der Waals surface area (Å²) in [6.45, 7) is 7.77. The highest BCUT2D eigenvalue weighted by Gasteiger charge is 2.55. The lowest BCUT2D eigenvalue weighted by molar-refractivity contribution is -0.138. The Hall–Kier alpha value is -1.33. The van der Waals surface area contributed by atoms with Crippen molar-refractivity contribution in [2.45, 2.75) is 57.7 Å². The van der Waals surface area contributed by atoms with E-state index in [9.17, 15) is 4.79 Å². The zero-order chi connectivity index (χ0) is 16.5. The molecule has 5 heteroatoms. The molecule has 1 atom stereocenters. The molecular formula is C18H26BNO3. The number of rotatable bonds is 3. The quantitative estimate of drug-likeness (QED) is 0.804. The summed E-state index contributed by atoms with van der Waals surface area (Å²) in [6, 6.07) is 9.92. The predicted octanol–water partition coefficient (Wildman–Crippen LogP) is 2.37. The van der Waals surface area contributed by atoms with Crippen LogP contribution in [0.15, 0.2) is 30.3 Å². The van der Waals surface area contributed by atoms with Gasteiger partial charge in [-0.3, -0.25) is 4.79 Å². The minimum absolute atomic E-state index is 0.178. The summed E-state index contributed by atoms with van der Waals surface area (Å²) in [6.07, 6.45) is 3.80. The third kappa shape index (κ3) is 3.31. The SMILES string of the molecule is CC1(C)OB(c2ccccc2)OC1(C)CC(=O)N1CCCCC1. The summed E-state index contributed by atoms with van der Waals surface area (Å²) >= 11 is 0. The van der Waals surface area contributed by atoms with E-state index in [1.165, 1.54) is 6.42 Å². The highest BCUT2D eigenvalue weighted by molar-refractivity contribution is 6.62. The van der Waals surface area contributed by atoms with Crippen LogP contribution in [0.5, 0.6) is 0 Å². The van der Waals surface area contributed by atoms with Gasteiger partial charge in [0, 0.05) is 13.1 Å². The first-order valence-corrected chi connectivity index (χ1v) is 8.60. The molecule has 1 unspecified atom stereocenters. The second-order valence-electron chi connectivity index (χ2n) is 7.34. The summed E-state index contributed by atoms with van der Waals surface area (Å²) in [5.41, 5.74) is -0.143. The number of benzene rings is 1. The lowest BCUT2D eigenvalue weighted by Gasteiger charge is -2.38. The highest BCUT2D eigenvalue weighted by Crippen LogP contribution is 2.40. The lowest BCUT2D eigenvalue weighted by atomic mass is 9.79. The van der Waals surface area contributed by atoms with Gasteiger partial charge in [-0.25, -0.2) is 0 Å². The van der Waals surface area contributed by atoms with Gasteiger partial charge >= 0.3 is 7.12 Å². The normalized spacial score (nSPS) is 27.3. The Morgan fingerprint density at radius 3 is 2.39 bits per heavy atom. The number of hydrogen-bond acceptors (Lipinski definition) is 3. The lowest BCUT2D eigenvalue weighted by Crippen LogP contribution is -2.49. The molecule has 3 rings (SSSR count). The predicted molar refractivity (Wildman–Crippen MR) is 91.5 cm³/mol. The van der Waals surface area contributed by atoms with E-state index in [1.807, 2.05) is 56.0 Å². The topological polar surface area (TPSA) is 38.8 Å². The number of amides is 1. The van der Waals surface area contributed by atoms with Gasteiger partial charge in [-0.1, -0.05) is 30.3 Å². The number of piperidine rings is 1. The molecule has 2 heterocycles. The molecule has 0 aromatic heterocycles. The van der Waals surface area contributed by atoms with Crippen LogP contribution in [0.3, 0.4) is 0 Å². The smallest absolute Gasteiger partial charge is 0.399 e. The van der Waals surface area contributed by atoms with Crippen LogP contribution >= 0.6 is 0 Å². The van der Waals surface area contributed by atoms with Gasteiger partial charge in [0.2, 0.25) is 5.91 Å². The molecule has 0 radical (unpaired) electrons. The molecule has 1 aromatic rings. The van der Waals surface area contributed by atoms with Crippen molar-refractivity contribution in [3.63, 3.8) is 0 Å². The first-order chi connectivity index (χ1) is 10.9. The molecule has 2 aliphatic rings. The summed E-state index contributed by atoms with van der Waals surface area (Å²) < 4.78 is 12.4. The van der Waals surface area contributed by atoms with E-state index < -0.39 is 18.3 Å². The number of hydrogen-bond donors (Lipinski definition) is 0. The number of carbonyl (C=O) groups is 1. The average Bonchev–Trinajstić information content (AvgIpc) is 2.79. The number of carbonyl (C=O) groups excluding carboxylic acids is 1. The largest absolute Gasteiger partial charge is 0.494 e. The van der Waals surface area contributed by atoms with Gasteiger partial charge in [0.15, 0.2) is 0 Å². The van der Waals surface area contributed by atoms with Gasteiger partial charge in [-0.05, 0) is 45.5 Å². The number of likely N-dealkylation sites (tertiary alicyclic amines) is 1. The monoisotopic (exact) mass is 315 g/mol. The van der Waals surface area contributed by atoms with Gasteiger partial charge in [0.1, 0.15) is 0 Å². The van der Waals surface area contributed by atoms with E-state index in [0.717, 1.165) is 31.4 Å². The van der Waals surface area contributed by atoms with Crippen molar-refractivity contribution >= 4 is 18.5 Å². The molecule has 0 saturated carbocycles. The van der Waals surface area contributed by atoms with Crippen LogP contribution in [0.2, 0.25) is 0 Å². The summed E-state index contributed by atoms with van der Waals surface area (Å²) in [4.78, 5) is 14.7. The summed E-state index contributed by atoms with van der Waals surface area (Å²) in [5, 5.41) is 0. The molecule has 4 nitrogen and oxygen atoms in total. The Morgan fingerprint density at radius 2 is 1.74 bits per heavy atom. The van der Waals surface area contributed by atoms with Crippen molar-refractivity contribution in [3.05, 3.63) is 30.3 Å². The highest BCUT2D eigenvalue weighted by atomic mass is 16.7. The van der Waals surface area contributed by atoms with Crippen LogP contribution in [-0.4, -0.2) is 42.2 Å². The van der Waals surface area contributed by atoms with E-state index in [0.29, 0.717) is 6.42 Å². The van der Waals surface area contributed by atoms with Crippen LogP contribution in [0.25, 0.3) is 0 Å². The van der Waals surface area contributed by atoms with Crippen molar-refractivity contribution in [1.29, 1.82) is 0 Å². The van der Waals surface area contributed by atoms with Gasteiger partial charge < -0.3 is 14.2 Å². The molecule has 0 aliphatic carbocycles. The summed E-state index contributed by atoms with van der Waals surface area (Å²) in [5.74, 6) is 0.178. The minimum Gasteiger partial charge on any atom is -0.399 e. The Morgan fingerprint density at radius 1 is 1.09 bits per heavy atom. The fraction of sp³-hybridized carbons (Fsp3) is 0.611. The van der Waals surface area contributed by atoms with E-state index in [2.05, 4.69) is 0 Å².